The highest BCUT2D eigenvalue weighted by molar-refractivity contribution is 5.85. The molecule has 0 aromatic heterocycles. The molecular weight excluding hydrogens is 359 g/mol. The SMILES string of the molecule is CC(Cc1ccc(OCCCN2CCCCC2)cc1)N(C)C.Cl.Cl.O. The van der Waals surface area contributed by atoms with Gasteiger partial charge in [0.15, 0.2) is 0 Å². The monoisotopic (exact) mass is 394 g/mol. The Balaban J connectivity index is 0. The molecular formula is C19H36Cl2N2O2. The molecule has 0 radical (unpaired) electrons. The minimum absolute atomic E-state index is 0. The third-order valence-electron chi connectivity index (χ3n) is 4.67. The first-order chi connectivity index (χ1) is 10.6. The van der Waals surface area contributed by atoms with Gasteiger partial charge in [-0.3, -0.25) is 0 Å². The van der Waals surface area contributed by atoms with Crippen LogP contribution in [0.3, 0.4) is 0 Å². The van der Waals surface area contributed by atoms with Crippen molar-refractivity contribution in [1.29, 1.82) is 0 Å². The minimum Gasteiger partial charge on any atom is -0.494 e. The van der Waals surface area contributed by atoms with Crippen molar-refractivity contribution in [2.45, 2.75) is 45.1 Å². The van der Waals surface area contributed by atoms with Crippen LogP contribution >= 0.6 is 24.8 Å². The first-order valence-corrected chi connectivity index (χ1v) is 8.75. The van der Waals surface area contributed by atoms with E-state index in [1.165, 1.54) is 44.5 Å². The van der Waals surface area contributed by atoms with Gasteiger partial charge in [0.25, 0.3) is 0 Å². The molecule has 1 aromatic carbocycles. The van der Waals surface area contributed by atoms with Crippen LogP contribution in [0.25, 0.3) is 0 Å². The highest BCUT2D eigenvalue weighted by Crippen LogP contribution is 2.15. The number of likely N-dealkylation sites (N-methyl/N-ethyl adjacent to an activating group) is 1. The molecule has 6 heteroatoms. The van der Waals surface area contributed by atoms with E-state index in [2.05, 4.69) is 55.1 Å². The fourth-order valence-electron chi connectivity index (χ4n) is 2.91. The van der Waals surface area contributed by atoms with E-state index in [0.29, 0.717) is 6.04 Å². The van der Waals surface area contributed by atoms with Gasteiger partial charge in [0, 0.05) is 12.6 Å². The third-order valence-corrected chi connectivity index (χ3v) is 4.67. The Kier molecular flexibility index (Phi) is 15.6. The number of nitrogens with zero attached hydrogens (tertiary/aromatic N) is 2. The molecule has 0 bridgehead atoms. The number of likely N-dealkylation sites (tertiary alicyclic amines) is 1. The van der Waals surface area contributed by atoms with Gasteiger partial charge in [-0.1, -0.05) is 18.6 Å². The van der Waals surface area contributed by atoms with Crippen LogP contribution in [-0.2, 0) is 6.42 Å². The van der Waals surface area contributed by atoms with Crippen molar-refractivity contribution in [2.75, 3.05) is 40.3 Å². The second kappa shape index (κ2) is 14.6. The van der Waals surface area contributed by atoms with Crippen molar-refractivity contribution in [2.24, 2.45) is 0 Å². The van der Waals surface area contributed by atoms with Gasteiger partial charge in [-0.2, -0.15) is 0 Å². The van der Waals surface area contributed by atoms with Crippen LogP contribution in [-0.4, -0.2) is 61.7 Å². The van der Waals surface area contributed by atoms with Crippen molar-refractivity contribution in [1.82, 2.24) is 9.80 Å². The molecule has 1 fully saturated rings. The van der Waals surface area contributed by atoms with Crippen molar-refractivity contribution in [3.05, 3.63) is 29.8 Å². The van der Waals surface area contributed by atoms with Crippen molar-refractivity contribution >= 4 is 24.8 Å². The van der Waals surface area contributed by atoms with Crippen molar-refractivity contribution < 1.29 is 10.2 Å². The number of piperidine rings is 1. The quantitative estimate of drug-likeness (QED) is 0.634. The van der Waals surface area contributed by atoms with E-state index in [1.54, 1.807) is 0 Å². The average Bonchev–Trinajstić information content (AvgIpc) is 2.54. The maximum Gasteiger partial charge on any atom is 0.119 e. The zero-order chi connectivity index (χ0) is 15.8. The molecule has 0 saturated carbocycles. The first-order valence-electron chi connectivity index (χ1n) is 8.75. The summed E-state index contributed by atoms with van der Waals surface area (Å²) in [6.45, 7) is 6.81. The Labute approximate surface area is 166 Å². The zero-order valence-electron chi connectivity index (χ0n) is 15.9. The second-order valence-electron chi connectivity index (χ2n) is 6.77. The molecule has 1 unspecified atom stereocenters. The fraction of sp³-hybridized carbons (Fsp3) is 0.684. The molecule has 0 spiro atoms. The lowest BCUT2D eigenvalue weighted by atomic mass is 10.1. The van der Waals surface area contributed by atoms with Gasteiger partial charge in [0.1, 0.15) is 5.75 Å². The summed E-state index contributed by atoms with van der Waals surface area (Å²) in [5.74, 6) is 1.000. The van der Waals surface area contributed by atoms with Crippen LogP contribution in [0.2, 0.25) is 0 Å². The summed E-state index contributed by atoms with van der Waals surface area (Å²) in [6, 6.07) is 9.17. The van der Waals surface area contributed by atoms with E-state index >= 15 is 0 Å². The molecule has 0 amide bonds. The Morgan fingerprint density at radius 3 is 2.20 bits per heavy atom. The largest absolute Gasteiger partial charge is 0.494 e. The van der Waals surface area contributed by atoms with Gasteiger partial charge >= 0.3 is 0 Å². The summed E-state index contributed by atoms with van der Waals surface area (Å²) in [5, 5.41) is 0. The Bertz CT molecular complexity index is 424. The molecule has 4 nitrogen and oxygen atoms in total. The lowest BCUT2D eigenvalue weighted by Crippen LogP contribution is -2.31. The standard InChI is InChI=1S/C19H32N2O.2ClH.H2O/c1-17(20(2)3)16-18-8-10-19(11-9-18)22-15-7-14-21-12-5-4-6-13-21;;;/h8-11,17H,4-7,12-16H2,1-3H3;2*1H;1H2. The van der Waals surface area contributed by atoms with Gasteiger partial charge < -0.3 is 20.0 Å². The van der Waals surface area contributed by atoms with E-state index in [4.69, 9.17) is 4.74 Å². The van der Waals surface area contributed by atoms with Crippen LogP contribution in [0.5, 0.6) is 5.75 Å². The van der Waals surface area contributed by atoms with E-state index in [-0.39, 0.29) is 30.3 Å². The summed E-state index contributed by atoms with van der Waals surface area (Å²) in [5.41, 5.74) is 1.38. The van der Waals surface area contributed by atoms with Crippen LogP contribution in [0.4, 0.5) is 0 Å². The number of halogens is 2. The predicted octanol–water partition coefficient (Wildman–Crippen LogP) is 3.45. The lowest BCUT2D eigenvalue weighted by Gasteiger charge is -2.26. The number of hydrogen-bond donors (Lipinski definition) is 0. The van der Waals surface area contributed by atoms with Gasteiger partial charge in [0.05, 0.1) is 6.61 Å². The Morgan fingerprint density at radius 1 is 1.04 bits per heavy atom. The molecule has 1 aliphatic heterocycles. The Hall–Kier alpha value is -0.520. The molecule has 2 N–H and O–H groups in total. The van der Waals surface area contributed by atoms with Gasteiger partial charge in [0.2, 0.25) is 0 Å². The number of hydrogen-bond acceptors (Lipinski definition) is 3. The third kappa shape index (κ3) is 10.3. The fourth-order valence-corrected chi connectivity index (χ4v) is 2.91. The molecule has 148 valence electrons. The number of rotatable bonds is 8. The van der Waals surface area contributed by atoms with Crippen LogP contribution in [0.15, 0.2) is 24.3 Å². The van der Waals surface area contributed by atoms with Gasteiger partial charge in [-0.25, -0.2) is 0 Å². The van der Waals surface area contributed by atoms with E-state index in [1.807, 2.05) is 0 Å². The summed E-state index contributed by atoms with van der Waals surface area (Å²) in [6.07, 6.45) is 6.36. The number of benzene rings is 1. The van der Waals surface area contributed by atoms with Crippen LogP contribution < -0.4 is 4.74 Å². The van der Waals surface area contributed by atoms with Crippen molar-refractivity contribution in [3.63, 3.8) is 0 Å². The van der Waals surface area contributed by atoms with E-state index < -0.39 is 0 Å². The maximum atomic E-state index is 5.87. The molecule has 2 rings (SSSR count). The van der Waals surface area contributed by atoms with E-state index in [0.717, 1.165) is 25.2 Å². The smallest absolute Gasteiger partial charge is 0.119 e. The number of ether oxygens (including phenoxy) is 1. The van der Waals surface area contributed by atoms with Crippen molar-refractivity contribution in [3.8, 4) is 5.75 Å². The van der Waals surface area contributed by atoms with E-state index in [9.17, 15) is 0 Å². The van der Waals surface area contributed by atoms with Gasteiger partial charge in [-0.15, -0.1) is 24.8 Å². The van der Waals surface area contributed by atoms with Crippen LogP contribution in [0.1, 0.15) is 38.2 Å². The zero-order valence-corrected chi connectivity index (χ0v) is 17.5. The molecule has 1 atom stereocenters. The summed E-state index contributed by atoms with van der Waals surface area (Å²) in [7, 11) is 4.26. The van der Waals surface area contributed by atoms with Crippen LogP contribution in [0, 0.1) is 0 Å². The Morgan fingerprint density at radius 2 is 1.64 bits per heavy atom. The first kappa shape index (κ1) is 26.7. The molecule has 0 aliphatic carbocycles. The van der Waals surface area contributed by atoms with Gasteiger partial charge in [-0.05, 0) is 77.5 Å². The second-order valence-corrected chi connectivity index (χ2v) is 6.77. The molecule has 1 aliphatic rings. The summed E-state index contributed by atoms with van der Waals surface area (Å²) >= 11 is 0. The maximum absolute atomic E-state index is 5.87. The highest BCUT2D eigenvalue weighted by atomic mass is 35.5. The summed E-state index contributed by atoms with van der Waals surface area (Å²) < 4.78 is 5.87. The topological polar surface area (TPSA) is 47.2 Å². The molecule has 25 heavy (non-hydrogen) atoms. The average molecular weight is 395 g/mol. The summed E-state index contributed by atoms with van der Waals surface area (Å²) in [4.78, 5) is 4.82. The predicted molar refractivity (Wildman–Crippen MR) is 112 cm³/mol. The minimum atomic E-state index is 0. The molecule has 1 aromatic rings. The lowest BCUT2D eigenvalue weighted by molar-refractivity contribution is 0.205. The molecule has 1 heterocycles. The highest BCUT2D eigenvalue weighted by Gasteiger charge is 2.09. The molecule has 1 saturated heterocycles. The normalized spacial score (nSPS) is 15.5.